The molecule has 0 amide bonds. The fourth-order valence-electron chi connectivity index (χ4n) is 3.70. The Balaban J connectivity index is 1.39. The molecule has 0 radical (unpaired) electrons. The van der Waals surface area contributed by atoms with Crippen molar-refractivity contribution in [1.29, 1.82) is 0 Å². The van der Waals surface area contributed by atoms with Crippen LogP contribution >= 0.6 is 0 Å². The lowest BCUT2D eigenvalue weighted by Crippen LogP contribution is -2.31. The Bertz CT molecular complexity index is 929. The van der Waals surface area contributed by atoms with Crippen molar-refractivity contribution in [1.82, 2.24) is 19.9 Å². The zero-order chi connectivity index (χ0) is 16.8. The summed E-state index contributed by atoms with van der Waals surface area (Å²) >= 11 is 0. The van der Waals surface area contributed by atoms with Crippen molar-refractivity contribution in [3.8, 4) is 5.75 Å². The quantitative estimate of drug-likeness (QED) is 0.794. The van der Waals surface area contributed by atoms with Crippen molar-refractivity contribution in [3.63, 3.8) is 0 Å². The van der Waals surface area contributed by atoms with E-state index in [-0.39, 0.29) is 0 Å². The van der Waals surface area contributed by atoms with Crippen molar-refractivity contribution in [2.75, 3.05) is 13.7 Å². The first kappa shape index (κ1) is 14.9. The van der Waals surface area contributed by atoms with Gasteiger partial charge in [0.25, 0.3) is 0 Å². The molecule has 5 heteroatoms. The first-order chi connectivity index (χ1) is 12.3. The molecule has 1 aliphatic heterocycles. The number of methoxy groups -OCH3 is 1. The number of H-pyrrole nitrogens is 1. The molecule has 1 aliphatic carbocycles. The van der Waals surface area contributed by atoms with E-state index >= 15 is 0 Å². The highest BCUT2D eigenvalue weighted by molar-refractivity contribution is 5.84. The second-order valence-electron chi connectivity index (χ2n) is 7.16. The Hall–Kier alpha value is -2.40. The van der Waals surface area contributed by atoms with Gasteiger partial charge >= 0.3 is 0 Å². The van der Waals surface area contributed by atoms with Crippen LogP contribution in [0.1, 0.15) is 41.4 Å². The summed E-state index contributed by atoms with van der Waals surface area (Å²) in [5, 5.41) is 1.24. The number of fused-ring (bicyclic) bond motifs is 2. The molecule has 2 aliphatic rings. The van der Waals surface area contributed by atoms with Gasteiger partial charge in [-0.25, -0.2) is 9.97 Å². The Morgan fingerprint density at radius 3 is 3.08 bits per heavy atom. The summed E-state index contributed by atoms with van der Waals surface area (Å²) in [7, 11) is 1.71. The minimum absolute atomic E-state index is 0.613. The van der Waals surface area contributed by atoms with Gasteiger partial charge in [-0.15, -0.1) is 0 Å². The summed E-state index contributed by atoms with van der Waals surface area (Å²) in [6.45, 7) is 2.89. The zero-order valence-corrected chi connectivity index (χ0v) is 14.5. The van der Waals surface area contributed by atoms with Gasteiger partial charge in [-0.2, -0.15) is 0 Å². The highest BCUT2D eigenvalue weighted by Gasteiger charge is 2.28. The van der Waals surface area contributed by atoms with Crippen LogP contribution in [0.3, 0.4) is 0 Å². The van der Waals surface area contributed by atoms with Crippen LogP contribution in [0.25, 0.3) is 10.9 Å². The molecule has 0 saturated heterocycles. The summed E-state index contributed by atoms with van der Waals surface area (Å²) in [4.78, 5) is 15.3. The second-order valence-corrected chi connectivity index (χ2v) is 7.16. The number of aromatic amines is 1. The first-order valence-electron chi connectivity index (χ1n) is 9.01. The van der Waals surface area contributed by atoms with Gasteiger partial charge in [0.1, 0.15) is 11.6 Å². The van der Waals surface area contributed by atoms with Gasteiger partial charge in [0.2, 0.25) is 0 Å². The minimum atomic E-state index is 0.613. The number of aromatic nitrogens is 3. The predicted molar refractivity (Wildman–Crippen MR) is 96.7 cm³/mol. The van der Waals surface area contributed by atoms with Crippen LogP contribution in [0.4, 0.5) is 0 Å². The molecule has 1 N–H and O–H groups in total. The molecule has 3 aromatic rings. The van der Waals surface area contributed by atoms with Crippen molar-refractivity contribution >= 4 is 10.9 Å². The fourth-order valence-corrected chi connectivity index (χ4v) is 3.70. The van der Waals surface area contributed by atoms with E-state index in [1.54, 1.807) is 7.11 Å². The van der Waals surface area contributed by atoms with Gasteiger partial charge in [-0.1, -0.05) is 0 Å². The normalized spacial score (nSPS) is 17.6. The van der Waals surface area contributed by atoms with Gasteiger partial charge in [0, 0.05) is 48.8 Å². The zero-order valence-electron chi connectivity index (χ0n) is 14.5. The van der Waals surface area contributed by atoms with Crippen LogP contribution in [0.2, 0.25) is 0 Å². The monoisotopic (exact) mass is 334 g/mol. The highest BCUT2D eigenvalue weighted by atomic mass is 16.5. The number of benzene rings is 1. The van der Waals surface area contributed by atoms with E-state index in [1.165, 1.54) is 35.0 Å². The maximum absolute atomic E-state index is 5.38. The molecule has 5 rings (SSSR count). The van der Waals surface area contributed by atoms with Gasteiger partial charge in [-0.05, 0) is 48.6 Å². The lowest BCUT2D eigenvalue weighted by molar-refractivity contribution is 0.241. The molecule has 1 fully saturated rings. The Kier molecular flexibility index (Phi) is 3.48. The van der Waals surface area contributed by atoms with E-state index in [0.29, 0.717) is 5.92 Å². The van der Waals surface area contributed by atoms with Gasteiger partial charge in [-0.3, -0.25) is 4.90 Å². The van der Waals surface area contributed by atoms with Crippen LogP contribution in [-0.2, 0) is 19.5 Å². The molecule has 0 unspecified atom stereocenters. The van der Waals surface area contributed by atoms with Crippen LogP contribution in [0.15, 0.2) is 30.6 Å². The third-order valence-corrected chi connectivity index (χ3v) is 5.35. The van der Waals surface area contributed by atoms with Gasteiger partial charge in [0.05, 0.1) is 12.8 Å². The molecule has 25 heavy (non-hydrogen) atoms. The Morgan fingerprint density at radius 1 is 1.32 bits per heavy atom. The summed E-state index contributed by atoms with van der Waals surface area (Å²) in [6.07, 6.45) is 7.71. The number of nitrogens with zero attached hydrogens (tertiary/aromatic N) is 3. The first-order valence-corrected chi connectivity index (χ1v) is 9.01. The van der Waals surface area contributed by atoms with Crippen molar-refractivity contribution in [3.05, 3.63) is 53.2 Å². The van der Waals surface area contributed by atoms with Crippen molar-refractivity contribution in [2.45, 2.75) is 38.3 Å². The number of hydrogen-bond donors (Lipinski definition) is 1. The van der Waals surface area contributed by atoms with Crippen LogP contribution in [0.5, 0.6) is 5.75 Å². The van der Waals surface area contributed by atoms with Gasteiger partial charge in [0.15, 0.2) is 0 Å². The number of rotatable bonds is 4. The van der Waals surface area contributed by atoms with E-state index < -0.39 is 0 Å². The average Bonchev–Trinajstić information content (AvgIpc) is 3.43. The molecule has 1 saturated carbocycles. The molecule has 1 aromatic carbocycles. The number of hydrogen-bond acceptors (Lipinski definition) is 4. The average molecular weight is 334 g/mol. The Labute approximate surface area is 147 Å². The maximum atomic E-state index is 5.38. The number of nitrogens with one attached hydrogen (secondary N) is 1. The minimum Gasteiger partial charge on any atom is -0.497 e. The fraction of sp³-hybridized carbons (Fsp3) is 0.400. The molecule has 0 bridgehead atoms. The molecule has 3 heterocycles. The topological polar surface area (TPSA) is 54.0 Å². The third kappa shape index (κ3) is 2.78. The van der Waals surface area contributed by atoms with Crippen LogP contribution in [-0.4, -0.2) is 33.5 Å². The van der Waals surface area contributed by atoms with E-state index in [9.17, 15) is 0 Å². The van der Waals surface area contributed by atoms with Gasteiger partial charge < -0.3 is 9.72 Å². The highest BCUT2D eigenvalue weighted by Crippen LogP contribution is 2.38. The molecule has 128 valence electrons. The van der Waals surface area contributed by atoms with E-state index in [2.05, 4.69) is 39.4 Å². The maximum Gasteiger partial charge on any atom is 0.131 e. The lowest BCUT2D eigenvalue weighted by Gasteiger charge is -2.27. The second kappa shape index (κ2) is 5.85. The van der Waals surface area contributed by atoms with E-state index in [1.807, 2.05) is 6.07 Å². The largest absolute Gasteiger partial charge is 0.497 e. The van der Waals surface area contributed by atoms with Crippen LogP contribution in [0, 0.1) is 0 Å². The lowest BCUT2D eigenvalue weighted by atomic mass is 10.1. The standard InChI is InChI=1S/C20H22N4O/c1-25-16-4-5-18-17(8-16)15(10-21-18)11-24-7-6-14-9-22-20(13-2-3-13)23-19(14)12-24/h4-5,8-10,13,21H,2-3,6-7,11-12H2,1H3. The molecule has 0 spiro atoms. The molecular formula is C20H22N4O. The van der Waals surface area contributed by atoms with Crippen LogP contribution < -0.4 is 4.74 Å². The Morgan fingerprint density at radius 2 is 2.24 bits per heavy atom. The summed E-state index contributed by atoms with van der Waals surface area (Å²) in [5.41, 5.74) is 5.02. The molecular weight excluding hydrogens is 312 g/mol. The van der Waals surface area contributed by atoms with E-state index in [4.69, 9.17) is 9.72 Å². The molecule has 0 atom stereocenters. The number of ether oxygens (including phenoxy) is 1. The smallest absolute Gasteiger partial charge is 0.131 e. The third-order valence-electron chi connectivity index (χ3n) is 5.35. The molecule has 2 aromatic heterocycles. The summed E-state index contributed by atoms with van der Waals surface area (Å²) < 4.78 is 5.38. The predicted octanol–water partition coefficient (Wildman–Crippen LogP) is 3.40. The SMILES string of the molecule is COc1ccc2[nH]cc(CN3CCc4cnc(C5CC5)nc4C3)c2c1. The van der Waals surface area contributed by atoms with Crippen molar-refractivity contribution < 1.29 is 4.74 Å². The summed E-state index contributed by atoms with van der Waals surface area (Å²) in [6, 6.07) is 6.20. The van der Waals surface area contributed by atoms with E-state index in [0.717, 1.165) is 43.1 Å². The molecule has 5 nitrogen and oxygen atoms in total. The summed E-state index contributed by atoms with van der Waals surface area (Å²) in [5.74, 6) is 2.57. The van der Waals surface area contributed by atoms with Crippen molar-refractivity contribution in [2.24, 2.45) is 0 Å².